The van der Waals surface area contributed by atoms with Gasteiger partial charge in [0.05, 0.1) is 16.5 Å². The number of halogens is 4. The van der Waals surface area contributed by atoms with E-state index in [-0.39, 0.29) is 5.75 Å². The van der Waals surface area contributed by atoms with Crippen LogP contribution in [-0.2, 0) is 32.2 Å². The molecule has 0 atom stereocenters. The number of esters is 1. The van der Waals surface area contributed by atoms with Gasteiger partial charge in [0, 0.05) is 6.07 Å². The van der Waals surface area contributed by atoms with Gasteiger partial charge in [-0.3, -0.25) is 0 Å². The molecular weight excluding hydrogens is 516 g/mol. The minimum atomic E-state index is -4.47. The molecular formula is C30H25F4O3S+. The van der Waals surface area contributed by atoms with Gasteiger partial charge in [0.15, 0.2) is 32.9 Å². The van der Waals surface area contributed by atoms with Gasteiger partial charge in [0.2, 0.25) is 0 Å². The van der Waals surface area contributed by atoms with Crippen LogP contribution < -0.4 is 4.74 Å². The van der Waals surface area contributed by atoms with Crippen LogP contribution in [0.15, 0.2) is 118 Å². The van der Waals surface area contributed by atoms with E-state index in [1.54, 1.807) is 26.0 Å². The Bertz CT molecular complexity index is 1330. The molecule has 0 aliphatic carbocycles. The molecule has 0 saturated heterocycles. The summed E-state index contributed by atoms with van der Waals surface area (Å²) in [5.74, 6) is -1.52. The fraction of sp³-hybridized carbons (Fsp3) is 0.167. The first-order chi connectivity index (χ1) is 18.0. The summed E-state index contributed by atoms with van der Waals surface area (Å²) >= 11 is 0. The fourth-order valence-electron chi connectivity index (χ4n) is 3.81. The number of benzene rings is 4. The van der Waals surface area contributed by atoms with Crippen molar-refractivity contribution in [3.63, 3.8) is 0 Å². The zero-order valence-corrected chi connectivity index (χ0v) is 21.5. The lowest BCUT2D eigenvalue weighted by Crippen LogP contribution is -2.28. The first kappa shape index (κ1) is 27.3. The lowest BCUT2D eigenvalue weighted by molar-refractivity contribution is -0.160. The maximum atomic E-state index is 14.7. The molecule has 4 aromatic carbocycles. The molecule has 3 nitrogen and oxygen atoms in total. The quantitative estimate of drug-likeness (QED) is 0.130. The molecule has 0 amide bonds. The van der Waals surface area contributed by atoms with Crippen molar-refractivity contribution in [2.45, 2.75) is 40.3 Å². The molecule has 0 spiro atoms. The Balaban J connectivity index is 1.50. The average molecular weight is 542 g/mol. The van der Waals surface area contributed by atoms with Crippen LogP contribution in [0, 0.1) is 5.82 Å². The monoisotopic (exact) mass is 541 g/mol. The van der Waals surface area contributed by atoms with Crippen molar-refractivity contribution in [3.8, 4) is 5.75 Å². The lowest BCUT2D eigenvalue weighted by atomic mass is 9.97. The third-order valence-electron chi connectivity index (χ3n) is 5.72. The Morgan fingerprint density at radius 1 is 0.737 bits per heavy atom. The van der Waals surface area contributed by atoms with Crippen LogP contribution in [0.5, 0.6) is 5.75 Å². The molecule has 4 rings (SSSR count). The van der Waals surface area contributed by atoms with E-state index in [4.69, 9.17) is 9.47 Å². The predicted molar refractivity (Wildman–Crippen MR) is 138 cm³/mol. The van der Waals surface area contributed by atoms with Crippen molar-refractivity contribution in [3.05, 3.63) is 120 Å². The van der Waals surface area contributed by atoms with Crippen LogP contribution >= 0.6 is 0 Å². The molecule has 0 N–H and O–H groups in total. The molecule has 0 saturated carbocycles. The van der Waals surface area contributed by atoms with Gasteiger partial charge in [0.1, 0.15) is 5.60 Å². The van der Waals surface area contributed by atoms with Crippen molar-refractivity contribution in [2.75, 3.05) is 6.61 Å². The number of hydrogen-bond acceptors (Lipinski definition) is 3. The standard InChI is InChI=1S/C30H25F4O3S/c1-29(2,21-13-15-22(16-14-21)30(32,33)34)37-28(35)20-36-27-19-25(17-18-26(27)31)38(23-9-5-3-6-10-23)24-11-7-4-8-12-24/h3-19H,20H2,1-2H3/q+1. The average Bonchev–Trinajstić information content (AvgIpc) is 2.89. The summed E-state index contributed by atoms with van der Waals surface area (Å²) in [6, 6.07) is 28.5. The van der Waals surface area contributed by atoms with Gasteiger partial charge < -0.3 is 9.47 Å². The van der Waals surface area contributed by atoms with Gasteiger partial charge >= 0.3 is 12.1 Å². The fourth-order valence-corrected chi connectivity index (χ4v) is 5.92. The second-order valence-corrected chi connectivity index (χ2v) is 10.9. The molecule has 0 bridgehead atoms. The Hall–Kier alpha value is -3.78. The van der Waals surface area contributed by atoms with Gasteiger partial charge in [-0.1, -0.05) is 48.5 Å². The summed E-state index contributed by atoms with van der Waals surface area (Å²) in [6.45, 7) is 2.54. The zero-order valence-electron chi connectivity index (χ0n) is 20.7. The molecule has 38 heavy (non-hydrogen) atoms. The zero-order chi connectivity index (χ0) is 27.3. The van der Waals surface area contributed by atoms with Crippen LogP contribution in [-0.4, -0.2) is 12.6 Å². The first-order valence-electron chi connectivity index (χ1n) is 11.7. The Kier molecular flexibility index (Phi) is 8.11. The lowest BCUT2D eigenvalue weighted by Gasteiger charge is -2.26. The highest BCUT2D eigenvalue weighted by Gasteiger charge is 2.33. The largest absolute Gasteiger partial charge is 0.479 e. The van der Waals surface area contributed by atoms with Crippen molar-refractivity contribution < 1.29 is 31.8 Å². The van der Waals surface area contributed by atoms with Crippen LogP contribution in [0.4, 0.5) is 17.6 Å². The normalized spacial score (nSPS) is 11.9. The van der Waals surface area contributed by atoms with Crippen molar-refractivity contribution in [1.29, 1.82) is 0 Å². The van der Waals surface area contributed by atoms with Gasteiger partial charge in [-0.05, 0) is 67.9 Å². The molecule has 0 unspecified atom stereocenters. The number of carbonyl (C=O) groups excluding carboxylic acids is 1. The summed E-state index contributed by atoms with van der Waals surface area (Å²) < 4.78 is 64.2. The van der Waals surface area contributed by atoms with E-state index in [1.807, 2.05) is 60.7 Å². The molecule has 196 valence electrons. The molecule has 0 fully saturated rings. The first-order valence-corrected chi connectivity index (χ1v) is 12.9. The highest BCUT2D eigenvalue weighted by Crippen LogP contribution is 2.34. The summed E-state index contributed by atoms with van der Waals surface area (Å²) in [5.41, 5.74) is -1.65. The van der Waals surface area contributed by atoms with Gasteiger partial charge in [-0.2, -0.15) is 13.2 Å². The summed E-state index contributed by atoms with van der Waals surface area (Å²) in [5, 5.41) is 0. The van der Waals surface area contributed by atoms with E-state index in [9.17, 15) is 22.4 Å². The number of hydrogen-bond donors (Lipinski definition) is 0. The maximum Gasteiger partial charge on any atom is 0.416 e. The van der Waals surface area contributed by atoms with Crippen molar-refractivity contribution in [1.82, 2.24) is 0 Å². The van der Waals surface area contributed by atoms with E-state index in [1.165, 1.54) is 18.2 Å². The van der Waals surface area contributed by atoms with E-state index in [0.29, 0.717) is 5.56 Å². The van der Waals surface area contributed by atoms with E-state index >= 15 is 0 Å². The molecule has 0 aliphatic rings. The van der Waals surface area contributed by atoms with E-state index < -0.39 is 46.6 Å². The molecule has 0 aliphatic heterocycles. The smallest absolute Gasteiger partial charge is 0.416 e. The van der Waals surface area contributed by atoms with E-state index in [0.717, 1.165) is 26.8 Å². The summed E-state index contributed by atoms with van der Waals surface area (Å²) in [4.78, 5) is 15.4. The van der Waals surface area contributed by atoms with Crippen LogP contribution in [0.3, 0.4) is 0 Å². The van der Waals surface area contributed by atoms with Crippen molar-refractivity contribution in [2.24, 2.45) is 0 Å². The Morgan fingerprint density at radius 2 is 1.26 bits per heavy atom. The third kappa shape index (κ3) is 6.55. The Labute approximate surface area is 221 Å². The van der Waals surface area contributed by atoms with Crippen LogP contribution in [0.1, 0.15) is 25.0 Å². The van der Waals surface area contributed by atoms with Gasteiger partial charge in [-0.25, -0.2) is 9.18 Å². The minimum absolute atomic E-state index is 0.101. The molecule has 8 heteroatoms. The second kappa shape index (κ2) is 11.3. The highest BCUT2D eigenvalue weighted by atomic mass is 32.2. The SMILES string of the molecule is CC(C)(OC(=O)COc1cc([S+](c2ccccc2)c2ccccc2)ccc1F)c1ccc(C(F)(F)F)cc1. The second-order valence-electron chi connectivity index (χ2n) is 8.87. The maximum absolute atomic E-state index is 14.7. The van der Waals surface area contributed by atoms with Crippen molar-refractivity contribution >= 4 is 16.9 Å². The summed E-state index contributed by atoms with van der Waals surface area (Å²) in [6.07, 6.45) is -4.47. The molecule has 0 aromatic heterocycles. The molecule has 4 aromatic rings. The minimum Gasteiger partial charge on any atom is -0.479 e. The van der Waals surface area contributed by atoms with Gasteiger partial charge in [0.25, 0.3) is 0 Å². The number of rotatable bonds is 8. The molecule has 0 heterocycles. The van der Waals surface area contributed by atoms with Crippen LogP contribution in [0.2, 0.25) is 0 Å². The molecule has 0 radical (unpaired) electrons. The highest BCUT2D eigenvalue weighted by molar-refractivity contribution is 7.97. The number of carbonyl (C=O) groups is 1. The predicted octanol–water partition coefficient (Wildman–Crippen LogP) is 7.80. The number of ether oxygens (including phenoxy) is 2. The Morgan fingerprint density at radius 3 is 1.79 bits per heavy atom. The number of alkyl halides is 3. The summed E-state index contributed by atoms with van der Waals surface area (Å²) in [7, 11) is -0.540. The topological polar surface area (TPSA) is 35.5 Å². The van der Waals surface area contributed by atoms with E-state index in [2.05, 4.69) is 0 Å². The third-order valence-corrected chi connectivity index (χ3v) is 7.93. The van der Waals surface area contributed by atoms with Gasteiger partial charge in [-0.15, -0.1) is 0 Å². The van der Waals surface area contributed by atoms with Crippen LogP contribution in [0.25, 0.3) is 0 Å².